The number of nitrogens with zero attached hydrogens (tertiary/aromatic N) is 1. The number of aliphatic hydroxyl groups is 1. The molecule has 0 aliphatic heterocycles. The van der Waals surface area contributed by atoms with Gasteiger partial charge in [-0.3, -0.25) is 0 Å². The molecule has 0 bridgehead atoms. The molecule has 0 aliphatic rings. The fraction of sp³-hybridized carbons (Fsp3) is 0.667. The van der Waals surface area contributed by atoms with Gasteiger partial charge in [0.2, 0.25) is 0 Å². The molecule has 1 aromatic rings. The van der Waals surface area contributed by atoms with Crippen LogP contribution in [-0.4, -0.2) is 22.7 Å². The largest absolute Gasteiger partial charge is 0.396 e. The van der Waals surface area contributed by atoms with Crippen molar-refractivity contribution in [3.05, 3.63) is 11.1 Å². The number of aliphatic hydroxyl groups excluding tert-OH is 1. The SMILES string of the molecule is CCc1csc(NC(C)CCO)n1. The number of nitrogens with one attached hydrogen (secondary N) is 1. The molecule has 0 saturated carbocycles. The molecule has 13 heavy (non-hydrogen) atoms. The van der Waals surface area contributed by atoms with E-state index in [1.807, 2.05) is 6.92 Å². The molecule has 0 saturated heterocycles. The first-order valence-electron chi connectivity index (χ1n) is 4.58. The summed E-state index contributed by atoms with van der Waals surface area (Å²) in [5, 5.41) is 15.0. The molecule has 1 aromatic heterocycles. The highest BCUT2D eigenvalue weighted by Crippen LogP contribution is 2.16. The number of hydrogen-bond acceptors (Lipinski definition) is 4. The minimum atomic E-state index is 0.222. The van der Waals surface area contributed by atoms with Crippen LogP contribution in [0.5, 0.6) is 0 Å². The summed E-state index contributed by atoms with van der Waals surface area (Å²) in [5.41, 5.74) is 1.13. The van der Waals surface area contributed by atoms with Crippen LogP contribution in [0, 0.1) is 0 Å². The van der Waals surface area contributed by atoms with Crippen LogP contribution in [0.15, 0.2) is 5.38 Å². The van der Waals surface area contributed by atoms with Crippen molar-refractivity contribution in [2.24, 2.45) is 0 Å². The van der Waals surface area contributed by atoms with E-state index in [9.17, 15) is 0 Å². The first kappa shape index (κ1) is 10.5. The summed E-state index contributed by atoms with van der Waals surface area (Å²) in [4.78, 5) is 4.38. The standard InChI is InChI=1S/C9H16N2OS/c1-3-8-6-13-9(11-8)10-7(2)4-5-12/h6-7,12H,3-5H2,1-2H3,(H,10,11). The smallest absolute Gasteiger partial charge is 0.183 e. The summed E-state index contributed by atoms with van der Waals surface area (Å²) in [6.07, 6.45) is 1.74. The minimum Gasteiger partial charge on any atom is -0.396 e. The monoisotopic (exact) mass is 200 g/mol. The summed E-state index contributed by atoms with van der Waals surface area (Å²) in [6, 6.07) is 0.292. The zero-order chi connectivity index (χ0) is 9.68. The van der Waals surface area contributed by atoms with Crippen molar-refractivity contribution in [3.8, 4) is 0 Å². The Bertz CT molecular complexity index is 250. The Morgan fingerprint density at radius 3 is 3.00 bits per heavy atom. The van der Waals surface area contributed by atoms with E-state index in [0.717, 1.165) is 23.7 Å². The minimum absolute atomic E-state index is 0.222. The van der Waals surface area contributed by atoms with Crippen LogP contribution in [0.3, 0.4) is 0 Å². The van der Waals surface area contributed by atoms with Crippen molar-refractivity contribution in [1.82, 2.24) is 4.98 Å². The average Bonchev–Trinajstić information content (AvgIpc) is 2.52. The van der Waals surface area contributed by atoms with Crippen molar-refractivity contribution in [3.63, 3.8) is 0 Å². The molecule has 1 atom stereocenters. The van der Waals surface area contributed by atoms with Crippen LogP contribution in [-0.2, 0) is 6.42 Å². The Morgan fingerprint density at radius 2 is 2.46 bits per heavy atom. The third kappa shape index (κ3) is 3.32. The molecule has 0 radical (unpaired) electrons. The van der Waals surface area contributed by atoms with Gasteiger partial charge in [-0.15, -0.1) is 11.3 Å². The van der Waals surface area contributed by atoms with Gasteiger partial charge < -0.3 is 10.4 Å². The second kappa shape index (κ2) is 5.19. The summed E-state index contributed by atoms with van der Waals surface area (Å²) in [7, 11) is 0. The van der Waals surface area contributed by atoms with Gasteiger partial charge in [-0.2, -0.15) is 0 Å². The van der Waals surface area contributed by atoms with Crippen molar-refractivity contribution in [2.45, 2.75) is 32.7 Å². The highest BCUT2D eigenvalue weighted by atomic mass is 32.1. The van der Waals surface area contributed by atoms with Gasteiger partial charge >= 0.3 is 0 Å². The van der Waals surface area contributed by atoms with E-state index >= 15 is 0 Å². The Kier molecular flexibility index (Phi) is 4.18. The maximum atomic E-state index is 8.71. The van der Waals surface area contributed by atoms with Crippen molar-refractivity contribution < 1.29 is 5.11 Å². The van der Waals surface area contributed by atoms with E-state index in [4.69, 9.17) is 5.11 Å². The molecule has 3 nitrogen and oxygen atoms in total. The van der Waals surface area contributed by atoms with E-state index in [-0.39, 0.29) is 6.61 Å². The highest BCUT2D eigenvalue weighted by Gasteiger charge is 2.04. The molecule has 0 aliphatic carbocycles. The van der Waals surface area contributed by atoms with E-state index < -0.39 is 0 Å². The molecule has 1 rings (SSSR count). The summed E-state index contributed by atoms with van der Waals surface area (Å²) < 4.78 is 0. The summed E-state index contributed by atoms with van der Waals surface area (Å²) in [5.74, 6) is 0. The number of rotatable bonds is 5. The van der Waals surface area contributed by atoms with Crippen LogP contribution in [0.2, 0.25) is 0 Å². The molecule has 0 spiro atoms. The molecular weight excluding hydrogens is 184 g/mol. The molecule has 74 valence electrons. The first-order chi connectivity index (χ1) is 6.26. The maximum absolute atomic E-state index is 8.71. The van der Waals surface area contributed by atoms with Crippen molar-refractivity contribution in [2.75, 3.05) is 11.9 Å². The van der Waals surface area contributed by atoms with E-state index in [1.165, 1.54) is 0 Å². The third-order valence-electron chi connectivity index (χ3n) is 1.85. The van der Waals surface area contributed by atoms with Crippen LogP contribution >= 0.6 is 11.3 Å². The van der Waals surface area contributed by atoms with E-state index in [1.54, 1.807) is 11.3 Å². The van der Waals surface area contributed by atoms with Gasteiger partial charge in [0.05, 0.1) is 5.69 Å². The van der Waals surface area contributed by atoms with Gasteiger partial charge in [0.1, 0.15) is 0 Å². The highest BCUT2D eigenvalue weighted by molar-refractivity contribution is 7.13. The lowest BCUT2D eigenvalue weighted by Crippen LogP contribution is -2.16. The first-order valence-corrected chi connectivity index (χ1v) is 5.46. The normalized spacial score (nSPS) is 12.8. The second-order valence-corrected chi connectivity index (χ2v) is 3.91. The molecule has 2 N–H and O–H groups in total. The van der Waals surface area contributed by atoms with Crippen LogP contribution in [0.1, 0.15) is 26.0 Å². The predicted octanol–water partition coefficient (Wildman–Crippen LogP) is 1.89. The Hall–Kier alpha value is -0.610. The summed E-state index contributed by atoms with van der Waals surface area (Å²) in [6.45, 7) is 4.36. The molecular formula is C9H16N2OS. The van der Waals surface area contributed by atoms with E-state index in [2.05, 4.69) is 22.6 Å². The van der Waals surface area contributed by atoms with Gasteiger partial charge in [-0.25, -0.2) is 4.98 Å². The Labute approximate surface area is 82.8 Å². The van der Waals surface area contributed by atoms with Crippen molar-refractivity contribution >= 4 is 16.5 Å². The molecule has 4 heteroatoms. The van der Waals surface area contributed by atoms with Crippen LogP contribution in [0.25, 0.3) is 0 Å². The Balaban J connectivity index is 2.44. The molecule has 0 aromatic carbocycles. The molecule has 1 heterocycles. The van der Waals surface area contributed by atoms with Crippen LogP contribution < -0.4 is 5.32 Å². The van der Waals surface area contributed by atoms with Crippen molar-refractivity contribution in [1.29, 1.82) is 0 Å². The zero-order valence-electron chi connectivity index (χ0n) is 8.08. The maximum Gasteiger partial charge on any atom is 0.183 e. The molecule has 1 unspecified atom stereocenters. The lowest BCUT2D eigenvalue weighted by molar-refractivity contribution is 0.282. The third-order valence-corrected chi connectivity index (χ3v) is 2.67. The zero-order valence-corrected chi connectivity index (χ0v) is 8.90. The Morgan fingerprint density at radius 1 is 1.69 bits per heavy atom. The number of anilines is 1. The fourth-order valence-corrected chi connectivity index (χ4v) is 1.92. The van der Waals surface area contributed by atoms with Crippen LogP contribution in [0.4, 0.5) is 5.13 Å². The van der Waals surface area contributed by atoms with Gasteiger partial charge in [0, 0.05) is 18.0 Å². The number of aromatic nitrogens is 1. The number of aryl methyl sites for hydroxylation is 1. The lowest BCUT2D eigenvalue weighted by atomic mass is 10.2. The number of hydrogen-bond donors (Lipinski definition) is 2. The van der Waals surface area contributed by atoms with Gasteiger partial charge in [0.15, 0.2) is 5.13 Å². The van der Waals surface area contributed by atoms with Gasteiger partial charge in [-0.05, 0) is 19.8 Å². The fourth-order valence-electron chi connectivity index (χ4n) is 1.01. The number of thiazole rings is 1. The van der Waals surface area contributed by atoms with Gasteiger partial charge in [0.25, 0.3) is 0 Å². The average molecular weight is 200 g/mol. The lowest BCUT2D eigenvalue weighted by Gasteiger charge is -2.10. The molecule has 0 fully saturated rings. The quantitative estimate of drug-likeness (QED) is 0.763. The summed E-state index contributed by atoms with van der Waals surface area (Å²) >= 11 is 1.62. The topological polar surface area (TPSA) is 45.1 Å². The molecule has 0 amide bonds. The predicted molar refractivity (Wildman–Crippen MR) is 56.3 cm³/mol. The second-order valence-electron chi connectivity index (χ2n) is 3.06. The van der Waals surface area contributed by atoms with E-state index in [0.29, 0.717) is 6.04 Å². The van der Waals surface area contributed by atoms with Gasteiger partial charge in [-0.1, -0.05) is 6.92 Å².